The molecule has 2 aliphatic rings. The number of nitrogens with zero attached hydrogens (tertiary/aromatic N) is 3. The summed E-state index contributed by atoms with van der Waals surface area (Å²) in [5.41, 5.74) is 0. The van der Waals surface area contributed by atoms with Crippen LogP contribution in [-0.4, -0.2) is 59.5 Å². The van der Waals surface area contributed by atoms with Gasteiger partial charge in [-0.1, -0.05) is 5.16 Å². The largest absolute Gasteiger partial charge is 0.376 e. The van der Waals surface area contributed by atoms with E-state index in [9.17, 15) is 4.79 Å². The van der Waals surface area contributed by atoms with Crippen LogP contribution in [0.3, 0.4) is 0 Å². The lowest BCUT2D eigenvalue weighted by Crippen LogP contribution is -2.45. The molecule has 2 aliphatic heterocycles. The molecule has 24 heavy (non-hydrogen) atoms. The van der Waals surface area contributed by atoms with E-state index in [1.807, 2.05) is 11.8 Å². The molecule has 7 heteroatoms. The lowest BCUT2D eigenvalue weighted by atomic mass is 9.97. The van der Waals surface area contributed by atoms with Gasteiger partial charge >= 0.3 is 0 Å². The first kappa shape index (κ1) is 17.4. The Morgan fingerprint density at radius 2 is 2.25 bits per heavy atom. The van der Waals surface area contributed by atoms with Gasteiger partial charge in [-0.15, -0.1) is 0 Å². The van der Waals surface area contributed by atoms with E-state index in [2.05, 4.69) is 10.1 Å². The van der Waals surface area contributed by atoms with Crippen LogP contribution in [0.25, 0.3) is 0 Å². The van der Waals surface area contributed by atoms with Crippen LogP contribution < -0.4 is 0 Å². The fourth-order valence-electron chi connectivity index (χ4n) is 3.39. The number of ether oxygens (including phenoxy) is 2. The van der Waals surface area contributed by atoms with Crippen molar-refractivity contribution < 1.29 is 18.8 Å². The Bertz CT molecular complexity index is 542. The highest BCUT2D eigenvalue weighted by Gasteiger charge is 2.30. The quantitative estimate of drug-likeness (QED) is 0.818. The van der Waals surface area contributed by atoms with Gasteiger partial charge in [-0.05, 0) is 39.0 Å². The van der Waals surface area contributed by atoms with Gasteiger partial charge in [0.25, 0.3) is 5.91 Å². The molecular weight excluding hydrogens is 310 g/mol. The summed E-state index contributed by atoms with van der Waals surface area (Å²) < 4.78 is 16.5. The number of likely N-dealkylation sites (tertiary alicyclic amines) is 1. The minimum absolute atomic E-state index is 0.0377. The lowest BCUT2D eigenvalue weighted by Gasteiger charge is -2.33. The third-order valence-corrected chi connectivity index (χ3v) is 4.80. The number of hydrogen-bond acceptors (Lipinski definition) is 6. The summed E-state index contributed by atoms with van der Waals surface area (Å²) in [5, 5.41) is 4.00. The smallest absolute Gasteiger partial charge is 0.251 e. The number of amides is 1. The molecule has 0 N–H and O–H groups in total. The molecule has 0 unspecified atom stereocenters. The summed E-state index contributed by atoms with van der Waals surface area (Å²) >= 11 is 0. The van der Waals surface area contributed by atoms with Crippen molar-refractivity contribution >= 4 is 5.91 Å². The molecule has 0 saturated carbocycles. The zero-order valence-corrected chi connectivity index (χ0v) is 14.6. The minimum atomic E-state index is -0.443. The Balaban J connectivity index is 1.49. The first-order chi connectivity index (χ1) is 11.6. The molecule has 3 heterocycles. The van der Waals surface area contributed by atoms with Crippen LogP contribution in [-0.2, 0) is 14.3 Å². The van der Waals surface area contributed by atoms with E-state index in [0.29, 0.717) is 24.9 Å². The van der Waals surface area contributed by atoms with E-state index in [1.165, 1.54) is 6.42 Å². The van der Waals surface area contributed by atoms with E-state index in [0.717, 1.165) is 38.8 Å². The molecule has 1 aromatic rings. The second kappa shape index (κ2) is 8.07. The summed E-state index contributed by atoms with van der Waals surface area (Å²) in [6, 6.07) is 0. The molecule has 0 bridgehead atoms. The molecule has 1 amide bonds. The predicted octanol–water partition coefficient (Wildman–Crippen LogP) is 2.06. The highest BCUT2D eigenvalue weighted by atomic mass is 16.5. The average Bonchev–Trinajstić information content (AvgIpc) is 3.06. The SMILES string of the molecule is Cc1nc([C@@H]2CCCN(C(=O)[C@H](C)OC[C@H]3CCCCO3)C2)no1. The number of aryl methyl sites for hydroxylation is 1. The van der Waals surface area contributed by atoms with Crippen molar-refractivity contribution in [1.82, 2.24) is 15.0 Å². The molecule has 3 rings (SSSR count). The number of aromatic nitrogens is 2. The van der Waals surface area contributed by atoms with E-state index in [1.54, 1.807) is 6.92 Å². The molecule has 0 radical (unpaired) electrons. The summed E-state index contributed by atoms with van der Waals surface area (Å²) in [5.74, 6) is 1.46. The third-order valence-electron chi connectivity index (χ3n) is 4.80. The standard InChI is InChI=1S/C17H27N3O4/c1-12(23-11-15-7-3-4-9-22-15)17(21)20-8-5-6-14(10-20)16-18-13(2)24-19-16/h12,14-15H,3-11H2,1-2H3/t12-,14+,15+/m0/s1. The van der Waals surface area contributed by atoms with Crippen molar-refractivity contribution in [2.75, 3.05) is 26.3 Å². The molecular formula is C17H27N3O4. The van der Waals surface area contributed by atoms with Crippen molar-refractivity contribution in [2.24, 2.45) is 0 Å². The van der Waals surface area contributed by atoms with Gasteiger partial charge in [-0.2, -0.15) is 4.98 Å². The number of hydrogen-bond donors (Lipinski definition) is 0. The Labute approximate surface area is 142 Å². The first-order valence-electron chi connectivity index (χ1n) is 8.95. The molecule has 1 aromatic heterocycles. The topological polar surface area (TPSA) is 77.7 Å². The van der Waals surface area contributed by atoms with Crippen molar-refractivity contribution in [3.63, 3.8) is 0 Å². The van der Waals surface area contributed by atoms with E-state index in [-0.39, 0.29) is 17.9 Å². The number of carbonyl (C=O) groups excluding carboxylic acids is 1. The summed E-state index contributed by atoms with van der Waals surface area (Å²) in [4.78, 5) is 18.8. The number of rotatable bonds is 5. The first-order valence-corrected chi connectivity index (χ1v) is 8.95. The van der Waals surface area contributed by atoms with Crippen LogP contribution >= 0.6 is 0 Å². The second-order valence-electron chi connectivity index (χ2n) is 6.76. The van der Waals surface area contributed by atoms with Gasteiger partial charge in [0.1, 0.15) is 6.10 Å². The highest BCUT2D eigenvalue weighted by molar-refractivity contribution is 5.80. The molecule has 0 aromatic carbocycles. The maximum absolute atomic E-state index is 12.6. The molecule has 0 aliphatic carbocycles. The third kappa shape index (κ3) is 4.33. The van der Waals surface area contributed by atoms with Gasteiger partial charge in [0.2, 0.25) is 5.89 Å². The van der Waals surface area contributed by atoms with Gasteiger partial charge in [-0.25, -0.2) is 0 Å². The Kier molecular flexibility index (Phi) is 5.84. The maximum atomic E-state index is 12.6. The lowest BCUT2D eigenvalue weighted by molar-refractivity contribution is -0.147. The van der Waals surface area contributed by atoms with Crippen LogP contribution in [0.2, 0.25) is 0 Å². The monoisotopic (exact) mass is 337 g/mol. The number of piperidine rings is 1. The van der Waals surface area contributed by atoms with Crippen LogP contribution in [0.15, 0.2) is 4.52 Å². The molecule has 7 nitrogen and oxygen atoms in total. The molecule has 0 spiro atoms. The predicted molar refractivity (Wildman–Crippen MR) is 86.6 cm³/mol. The average molecular weight is 337 g/mol. The summed E-state index contributed by atoms with van der Waals surface area (Å²) in [6.07, 6.45) is 4.93. The van der Waals surface area contributed by atoms with Crippen molar-refractivity contribution in [1.29, 1.82) is 0 Å². The Morgan fingerprint density at radius 1 is 1.38 bits per heavy atom. The summed E-state index contributed by atoms with van der Waals surface area (Å²) in [6.45, 7) is 6.30. The minimum Gasteiger partial charge on any atom is -0.376 e. The van der Waals surface area contributed by atoms with E-state index >= 15 is 0 Å². The van der Waals surface area contributed by atoms with Crippen LogP contribution in [0.1, 0.15) is 56.7 Å². The maximum Gasteiger partial charge on any atom is 0.251 e. The fraction of sp³-hybridized carbons (Fsp3) is 0.824. The zero-order chi connectivity index (χ0) is 16.9. The van der Waals surface area contributed by atoms with Gasteiger partial charge in [0, 0.05) is 32.5 Å². The second-order valence-corrected chi connectivity index (χ2v) is 6.76. The molecule has 3 atom stereocenters. The molecule has 2 fully saturated rings. The molecule has 2 saturated heterocycles. The Hall–Kier alpha value is -1.47. The van der Waals surface area contributed by atoms with Crippen LogP contribution in [0.5, 0.6) is 0 Å². The fourth-order valence-corrected chi connectivity index (χ4v) is 3.39. The van der Waals surface area contributed by atoms with Crippen molar-refractivity contribution in [3.05, 3.63) is 11.7 Å². The van der Waals surface area contributed by atoms with Crippen molar-refractivity contribution in [2.45, 2.75) is 64.1 Å². The zero-order valence-electron chi connectivity index (χ0n) is 14.6. The Morgan fingerprint density at radius 3 is 2.96 bits per heavy atom. The number of carbonyl (C=O) groups is 1. The van der Waals surface area contributed by atoms with Crippen molar-refractivity contribution in [3.8, 4) is 0 Å². The van der Waals surface area contributed by atoms with Gasteiger partial charge in [0.15, 0.2) is 5.82 Å². The highest BCUT2D eigenvalue weighted by Crippen LogP contribution is 2.25. The summed E-state index contributed by atoms with van der Waals surface area (Å²) in [7, 11) is 0. The molecule has 134 valence electrons. The van der Waals surface area contributed by atoms with Crippen LogP contribution in [0, 0.1) is 6.92 Å². The van der Waals surface area contributed by atoms with Crippen LogP contribution in [0.4, 0.5) is 0 Å². The van der Waals surface area contributed by atoms with Gasteiger partial charge in [0.05, 0.1) is 12.7 Å². The van der Waals surface area contributed by atoms with E-state index in [4.69, 9.17) is 14.0 Å². The van der Waals surface area contributed by atoms with Gasteiger partial charge in [-0.3, -0.25) is 4.79 Å². The van der Waals surface area contributed by atoms with Gasteiger partial charge < -0.3 is 18.9 Å². The normalized spacial score (nSPS) is 26.3. The van der Waals surface area contributed by atoms with E-state index < -0.39 is 6.10 Å².